The van der Waals surface area contributed by atoms with Crippen molar-refractivity contribution in [2.75, 3.05) is 85.5 Å². The third kappa shape index (κ3) is 20.8. The number of hydrogen-bond donors (Lipinski definition) is 0. The molecule has 656 valence electrons. The molecule has 0 radical (unpaired) electrons. The average Bonchev–Trinajstić information content (AvgIpc) is 1.66. The second-order valence-corrected chi connectivity index (χ2v) is 32.5. The van der Waals surface area contributed by atoms with Gasteiger partial charge < -0.3 is 57.0 Å². The summed E-state index contributed by atoms with van der Waals surface area (Å²) in [5, 5.41) is 0. The Balaban J connectivity index is 0.000000157. The van der Waals surface area contributed by atoms with Gasteiger partial charge in [0, 0.05) is 101 Å². The fraction of sp³-hybridized carbons (Fsp3) is 0.511. The van der Waals surface area contributed by atoms with Gasteiger partial charge in [-0.25, -0.2) is 0 Å². The molecule has 0 saturated carbocycles. The highest BCUT2D eigenvalue weighted by atomic mass is 19.4. The molecule has 1 aromatic heterocycles. The Kier molecular flexibility index (Phi) is 27.1. The van der Waals surface area contributed by atoms with Gasteiger partial charge in [-0.3, -0.25) is 14.4 Å². The Labute approximate surface area is 686 Å². The molecule has 7 aromatic rings. The molecule has 0 spiro atoms. The highest BCUT2D eigenvalue weighted by molar-refractivity contribution is 5.94. The van der Waals surface area contributed by atoms with Crippen LogP contribution < -0.4 is 0 Å². The van der Waals surface area contributed by atoms with Gasteiger partial charge >= 0.3 is 37.1 Å². The standard InChI is InChI=1S/C30H33F6NO4.C29H31F6NO4.C29H27F6NO4/c1-17-5-3-4-6-24(17)26-25-15-37(27(38)19-7-9-39-10-8-19)14-21(25)16-40-28(26)41-18(2)20-11-22(29(31,32)33)13-23(12-20)30(34,35)36;2*1-16-5-3-4-6-23(16)25-24-13-36(26(37)18-7-8-38-14-18)12-20(24)15-39-27(25)40-17(2)19-9-21(28(30,31)32)11-22(10-19)29(33,34)35/h3-6,11-13,18-19,21,25-26,28H,7-10,14-16H2,1-2H3;3-6,9-11,17-18,20,24-25,27H,7-8,12-15H2,1-2H3;3-11,14,17,20,24-25,27H,12-13,15H2,1-2H3/t18-,21+,25-,26+,28-;17-,18?,20+,24-,25+,27-;17-,20+,24-,25+,27-/m111/s1. The Hall–Kier alpha value is -8.57. The number of rotatable bonds is 15. The lowest BCUT2D eigenvalue weighted by atomic mass is 9.76. The van der Waals surface area contributed by atoms with Gasteiger partial charge in [0.1, 0.15) is 6.26 Å². The Bertz CT molecular complexity index is 4650. The number of carbonyl (C=O) groups is 3. The molecule has 15 nitrogen and oxygen atoms in total. The fourth-order valence-electron chi connectivity index (χ4n) is 18.2. The largest absolute Gasteiger partial charge is 0.472 e. The second-order valence-electron chi connectivity index (χ2n) is 32.5. The van der Waals surface area contributed by atoms with Gasteiger partial charge in [-0.1, -0.05) is 72.8 Å². The number of nitrogens with zero attached hydrogens (tertiary/aromatic N) is 3. The molecule has 8 aliphatic heterocycles. The zero-order chi connectivity index (χ0) is 87.2. The van der Waals surface area contributed by atoms with E-state index in [-0.39, 0.29) is 132 Å². The lowest BCUT2D eigenvalue weighted by Gasteiger charge is -2.41. The topological polar surface area (TPSA) is 148 Å². The van der Waals surface area contributed by atoms with Crippen molar-refractivity contribution >= 4 is 17.7 Å². The summed E-state index contributed by atoms with van der Waals surface area (Å²) in [6.45, 7) is 15.6. The molecule has 33 heteroatoms. The molecule has 3 amide bonds. The highest BCUT2D eigenvalue weighted by Gasteiger charge is 2.54. The highest BCUT2D eigenvalue weighted by Crippen LogP contribution is 2.52. The van der Waals surface area contributed by atoms with Gasteiger partial charge in [0.25, 0.3) is 5.91 Å². The van der Waals surface area contributed by atoms with E-state index in [1.54, 1.807) is 11.0 Å². The molecule has 8 fully saturated rings. The van der Waals surface area contributed by atoms with Crippen molar-refractivity contribution in [1.82, 2.24) is 14.7 Å². The van der Waals surface area contributed by atoms with Crippen LogP contribution in [0.1, 0.15) is 170 Å². The van der Waals surface area contributed by atoms with E-state index in [2.05, 4.69) is 0 Å². The van der Waals surface area contributed by atoms with Crippen LogP contribution in [0.15, 0.2) is 150 Å². The van der Waals surface area contributed by atoms with E-state index in [9.17, 15) is 93.4 Å². The maximum absolute atomic E-state index is 13.5. The van der Waals surface area contributed by atoms with Crippen LogP contribution in [-0.2, 0) is 84.5 Å². The number of carbonyl (C=O) groups excluding carboxylic acids is 3. The van der Waals surface area contributed by atoms with E-state index in [4.69, 9.17) is 42.3 Å². The number of halogens is 18. The molecule has 9 heterocycles. The summed E-state index contributed by atoms with van der Waals surface area (Å²) in [6.07, 6.45) is -31.2. The first-order chi connectivity index (χ1) is 57.0. The van der Waals surface area contributed by atoms with Crippen LogP contribution in [0.4, 0.5) is 79.0 Å². The van der Waals surface area contributed by atoms with Crippen molar-refractivity contribution in [2.24, 2.45) is 47.3 Å². The molecule has 15 rings (SSSR count). The van der Waals surface area contributed by atoms with Gasteiger partial charge in [0.15, 0.2) is 18.9 Å². The molecule has 121 heavy (non-hydrogen) atoms. The molecule has 0 bridgehead atoms. The SMILES string of the molecule is Cc1ccccc1[C@@H]1[C@@H](O[C@H](C)c2cc(C(F)(F)F)cc(C(F)(F)F)c2)OC[C@@H]2CN(C(=O)C3CCOC3)C[C@H]21.Cc1ccccc1[C@@H]1[C@@H](O[C@H](C)c2cc(C(F)(F)F)cc(C(F)(F)F)c2)OC[C@@H]2CN(C(=O)C3CCOCC3)C[C@H]21.Cc1ccccc1[C@@H]1[C@@H](O[C@H](C)c2cc(C(F)(F)F)cc(C(F)(F)F)c2)OC[C@@H]2CN(C(=O)c3ccoc3)C[C@H]21. The first-order valence-corrected chi connectivity index (χ1v) is 39.9. The number of benzene rings is 6. The van der Waals surface area contributed by atoms with Crippen molar-refractivity contribution in [3.05, 3.63) is 235 Å². The molecule has 16 atom stereocenters. The van der Waals surface area contributed by atoms with E-state index in [0.29, 0.717) is 127 Å². The predicted octanol–water partition coefficient (Wildman–Crippen LogP) is 20.3. The molecule has 1 unspecified atom stereocenters. The maximum atomic E-state index is 13.5. The van der Waals surface area contributed by atoms with Crippen LogP contribution in [-0.4, -0.2) is 137 Å². The number of ether oxygens (including phenoxy) is 8. The second kappa shape index (κ2) is 36.3. The first kappa shape index (κ1) is 90.2. The van der Waals surface area contributed by atoms with Crippen molar-refractivity contribution in [2.45, 2.75) is 153 Å². The lowest BCUT2D eigenvalue weighted by molar-refractivity contribution is -0.217. The number of likely N-dealkylation sites (tertiary alicyclic amines) is 3. The lowest BCUT2D eigenvalue weighted by Crippen LogP contribution is -2.42. The minimum atomic E-state index is -4.97. The third-order valence-corrected chi connectivity index (χ3v) is 24.6. The van der Waals surface area contributed by atoms with E-state index in [1.165, 1.54) is 33.3 Å². The summed E-state index contributed by atoms with van der Waals surface area (Å²) in [5.41, 5.74) is -3.19. The summed E-state index contributed by atoms with van der Waals surface area (Å²) in [5.74, 6) is -1.79. The summed E-state index contributed by atoms with van der Waals surface area (Å²) < 4.78 is 295. The maximum Gasteiger partial charge on any atom is 0.416 e. The number of aryl methyl sites for hydroxylation is 3. The van der Waals surface area contributed by atoms with Crippen molar-refractivity contribution in [3.63, 3.8) is 0 Å². The average molecular weight is 1720 g/mol. The first-order valence-electron chi connectivity index (χ1n) is 39.9. The minimum absolute atomic E-state index is 0.0106. The van der Waals surface area contributed by atoms with Crippen molar-refractivity contribution in [1.29, 1.82) is 0 Å². The Morgan fingerprint density at radius 1 is 0.372 bits per heavy atom. The van der Waals surface area contributed by atoms with E-state index >= 15 is 0 Å². The summed E-state index contributed by atoms with van der Waals surface area (Å²) in [4.78, 5) is 45.0. The Morgan fingerprint density at radius 3 is 0.967 bits per heavy atom. The predicted molar refractivity (Wildman–Crippen MR) is 400 cm³/mol. The number of fused-ring (bicyclic) bond motifs is 3. The third-order valence-electron chi connectivity index (χ3n) is 24.6. The number of furan rings is 1. The van der Waals surface area contributed by atoms with Crippen LogP contribution in [0, 0.1) is 68.1 Å². The van der Waals surface area contributed by atoms with E-state index in [0.717, 1.165) is 33.4 Å². The molecular formula is C88H91F18N3O12. The molecule has 8 saturated heterocycles. The zero-order valence-corrected chi connectivity index (χ0v) is 66.5. The molecule has 6 aromatic carbocycles. The Morgan fingerprint density at radius 2 is 0.669 bits per heavy atom. The van der Waals surface area contributed by atoms with Crippen molar-refractivity contribution < 1.29 is 136 Å². The molecule has 0 N–H and O–H groups in total. The van der Waals surface area contributed by atoms with Gasteiger partial charge in [0.2, 0.25) is 11.8 Å². The number of amides is 3. The molecule has 0 aliphatic carbocycles. The number of hydrogen-bond acceptors (Lipinski definition) is 12. The van der Waals surface area contributed by atoms with Gasteiger partial charge in [-0.15, -0.1) is 0 Å². The zero-order valence-electron chi connectivity index (χ0n) is 66.5. The van der Waals surface area contributed by atoms with Crippen LogP contribution in [0.3, 0.4) is 0 Å². The van der Waals surface area contributed by atoms with E-state index < -0.39 is 114 Å². The monoisotopic (exact) mass is 1720 g/mol. The summed E-state index contributed by atoms with van der Waals surface area (Å²) >= 11 is 0. The van der Waals surface area contributed by atoms with Crippen LogP contribution in [0.5, 0.6) is 0 Å². The quantitative estimate of drug-likeness (QED) is 0.0900. The molecular weight excluding hydrogens is 1630 g/mol. The van der Waals surface area contributed by atoms with Crippen LogP contribution in [0.25, 0.3) is 0 Å². The van der Waals surface area contributed by atoms with Gasteiger partial charge in [-0.2, -0.15) is 79.0 Å². The van der Waals surface area contributed by atoms with Crippen LogP contribution >= 0.6 is 0 Å². The van der Waals surface area contributed by atoms with Gasteiger partial charge in [0.05, 0.1) is 95.9 Å². The van der Waals surface area contributed by atoms with Crippen LogP contribution in [0.2, 0.25) is 0 Å². The minimum Gasteiger partial charge on any atom is -0.472 e. The molecule has 8 aliphatic rings. The van der Waals surface area contributed by atoms with Crippen molar-refractivity contribution in [3.8, 4) is 0 Å². The normalized spacial score (nSPS) is 26.2. The fourth-order valence-corrected chi connectivity index (χ4v) is 18.2. The number of alkyl halides is 18. The van der Waals surface area contributed by atoms with E-state index in [1.807, 2.05) is 103 Å². The summed E-state index contributed by atoms with van der Waals surface area (Å²) in [7, 11) is 0. The van der Waals surface area contributed by atoms with Gasteiger partial charge in [-0.05, 0) is 189 Å². The summed E-state index contributed by atoms with van der Waals surface area (Å²) in [6, 6.07) is 28.7. The smallest absolute Gasteiger partial charge is 0.416 e.